The van der Waals surface area contributed by atoms with Gasteiger partial charge in [-0.15, -0.1) is 0 Å². The molecule has 1 aromatic carbocycles. The Morgan fingerprint density at radius 2 is 2.20 bits per heavy atom. The number of hydrogen-bond donors (Lipinski definition) is 2. The summed E-state index contributed by atoms with van der Waals surface area (Å²) in [5.74, 6) is 0.203. The number of rotatable bonds is 2. The molecule has 1 unspecified atom stereocenters. The maximum absolute atomic E-state index is 11.7. The molecule has 1 aliphatic heterocycles. The maximum Gasteiger partial charge on any atom is 0.336 e. The van der Waals surface area contributed by atoms with Crippen LogP contribution in [0.5, 0.6) is 5.75 Å². The first-order valence-corrected chi connectivity index (χ1v) is 7.24. The van der Waals surface area contributed by atoms with Crippen LogP contribution in [0.25, 0.3) is 11.0 Å². The predicted octanol–water partition coefficient (Wildman–Crippen LogP) is 1.46. The Balaban J connectivity index is 2.01. The molecular formula is C16H20NO3+. The summed E-state index contributed by atoms with van der Waals surface area (Å²) in [6.45, 7) is 4.22. The van der Waals surface area contributed by atoms with E-state index in [1.54, 1.807) is 24.3 Å². The van der Waals surface area contributed by atoms with Crippen LogP contribution in [0.4, 0.5) is 0 Å². The van der Waals surface area contributed by atoms with Crippen LogP contribution in [0.15, 0.2) is 33.5 Å². The van der Waals surface area contributed by atoms with Gasteiger partial charge in [-0.3, -0.25) is 0 Å². The zero-order valence-corrected chi connectivity index (χ0v) is 11.7. The molecule has 0 amide bonds. The van der Waals surface area contributed by atoms with E-state index in [9.17, 15) is 9.90 Å². The molecule has 4 nitrogen and oxygen atoms in total. The van der Waals surface area contributed by atoms with Crippen molar-refractivity contribution < 1.29 is 14.4 Å². The summed E-state index contributed by atoms with van der Waals surface area (Å²) >= 11 is 0. The number of hydrogen-bond acceptors (Lipinski definition) is 3. The molecule has 1 aromatic heterocycles. The fourth-order valence-electron chi connectivity index (χ4n) is 3.12. The Hall–Kier alpha value is -1.81. The van der Waals surface area contributed by atoms with E-state index in [4.69, 9.17) is 4.42 Å². The fraction of sp³-hybridized carbons (Fsp3) is 0.438. The van der Waals surface area contributed by atoms with Crippen molar-refractivity contribution in [1.82, 2.24) is 0 Å². The van der Waals surface area contributed by atoms with Crippen LogP contribution >= 0.6 is 0 Å². The van der Waals surface area contributed by atoms with E-state index >= 15 is 0 Å². The lowest BCUT2D eigenvalue weighted by Gasteiger charge is -2.30. The van der Waals surface area contributed by atoms with Gasteiger partial charge in [-0.1, -0.05) is 0 Å². The summed E-state index contributed by atoms with van der Waals surface area (Å²) in [5.41, 5.74) is 1.20. The normalized spacial score (nSPS) is 23.1. The molecule has 0 radical (unpaired) electrons. The fourth-order valence-corrected chi connectivity index (χ4v) is 3.12. The van der Waals surface area contributed by atoms with Gasteiger partial charge < -0.3 is 14.4 Å². The molecule has 106 valence electrons. The van der Waals surface area contributed by atoms with Gasteiger partial charge in [-0.2, -0.15) is 0 Å². The molecule has 2 heterocycles. The number of likely N-dealkylation sites (tertiary alicyclic amines) is 1. The van der Waals surface area contributed by atoms with Crippen LogP contribution < -0.4 is 10.5 Å². The lowest BCUT2D eigenvalue weighted by molar-refractivity contribution is -0.941. The molecule has 1 fully saturated rings. The van der Waals surface area contributed by atoms with Crippen molar-refractivity contribution in [3.8, 4) is 5.75 Å². The van der Waals surface area contributed by atoms with E-state index in [1.165, 1.54) is 24.2 Å². The molecule has 2 aromatic rings. The number of benzene rings is 1. The maximum atomic E-state index is 11.7. The molecule has 0 saturated carbocycles. The van der Waals surface area contributed by atoms with Crippen molar-refractivity contribution in [1.29, 1.82) is 0 Å². The smallest absolute Gasteiger partial charge is 0.336 e. The van der Waals surface area contributed by atoms with Gasteiger partial charge >= 0.3 is 5.63 Å². The van der Waals surface area contributed by atoms with E-state index in [0.717, 1.165) is 24.0 Å². The second-order valence-electron chi connectivity index (χ2n) is 5.75. The summed E-state index contributed by atoms with van der Waals surface area (Å²) in [7, 11) is 0. The average molecular weight is 274 g/mol. The van der Waals surface area contributed by atoms with Crippen molar-refractivity contribution >= 4 is 11.0 Å². The number of fused-ring (bicyclic) bond motifs is 1. The summed E-state index contributed by atoms with van der Waals surface area (Å²) in [4.78, 5) is 13.2. The molecule has 0 spiro atoms. The highest BCUT2D eigenvalue weighted by molar-refractivity contribution is 5.81. The Morgan fingerprint density at radius 3 is 3.00 bits per heavy atom. The van der Waals surface area contributed by atoms with Crippen molar-refractivity contribution in [2.24, 2.45) is 0 Å². The van der Waals surface area contributed by atoms with Gasteiger partial charge in [0, 0.05) is 17.0 Å². The largest absolute Gasteiger partial charge is 0.508 e. The van der Waals surface area contributed by atoms with E-state index in [0.29, 0.717) is 11.6 Å². The monoisotopic (exact) mass is 274 g/mol. The Labute approximate surface area is 117 Å². The lowest BCUT2D eigenvalue weighted by Crippen LogP contribution is -3.14. The first-order chi connectivity index (χ1) is 9.63. The lowest BCUT2D eigenvalue weighted by atomic mass is 10.0. The van der Waals surface area contributed by atoms with Crippen molar-refractivity contribution in [3.05, 3.63) is 40.2 Å². The first kappa shape index (κ1) is 13.2. The van der Waals surface area contributed by atoms with Gasteiger partial charge in [0.15, 0.2) is 0 Å². The van der Waals surface area contributed by atoms with Gasteiger partial charge in [0.1, 0.15) is 17.9 Å². The number of phenolic OH excluding ortho intramolecular Hbond substituents is 1. The predicted molar refractivity (Wildman–Crippen MR) is 77.0 cm³/mol. The zero-order valence-electron chi connectivity index (χ0n) is 11.7. The van der Waals surface area contributed by atoms with Crippen LogP contribution in [0, 0.1) is 0 Å². The quantitative estimate of drug-likeness (QED) is 0.815. The van der Waals surface area contributed by atoms with E-state index in [2.05, 4.69) is 6.92 Å². The number of aromatic hydroxyl groups is 1. The molecule has 4 heteroatoms. The minimum Gasteiger partial charge on any atom is -0.508 e. The van der Waals surface area contributed by atoms with E-state index in [1.807, 2.05) is 0 Å². The van der Waals surface area contributed by atoms with Crippen molar-refractivity contribution in [2.45, 2.75) is 38.8 Å². The third kappa shape index (κ3) is 2.56. The van der Waals surface area contributed by atoms with E-state index in [-0.39, 0.29) is 11.4 Å². The Kier molecular flexibility index (Phi) is 3.49. The standard InChI is InChI=1S/C16H19NO3/c1-11-4-2-3-7-17(11)10-12-8-16(19)20-15-6-5-13(18)9-14(12)15/h5-6,8-9,11,18H,2-4,7,10H2,1H3/p+1/t11-/m0/s1. The second-order valence-corrected chi connectivity index (χ2v) is 5.75. The van der Waals surface area contributed by atoms with E-state index < -0.39 is 0 Å². The highest BCUT2D eigenvalue weighted by atomic mass is 16.4. The molecular weight excluding hydrogens is 254 g/mol. The van der Waals surface area contributed by atoms with Gasteiger partial charge in [0.2, 0.25) is 0 Å². The summed E-state index contributed by atoms with van der Waals surface area (Å²) in [6, 6.07) is 7.07. The molecule has 20 heavy (non-hydrogen) atoms. The minimum atomic E-state index is -0.317. The molecule has 0 aliphatic carbocycles. The van der Waals surface area contributed by atoms with Crippen LogP contribution in [-0.2, 0) is 6.54 Å². The molecule has 1 saturated heterocycles. The minimum absolute atomic E-state index is 0.203. The number of piperidine rings is 1. The topological polar surface area (TPSA) is 54.9 Å². The third-order valence-electron chi connectivity index (χ3n) is 4.31. The van der Waals surface area contributed by atoms with Gasteiger partial charge in [0.05, 0.1) is 12.6 Å². The van der Waals surface area contributed by atoms with Crippen molar-refractivity contribution in [3.63, 3.8) is 0 Å². The summed E-state index contributed by atoms with van der Waals surface area (Å²) < 4.78 is 5.20. The Morgan fingerprint density at radius 1 is 1.35 bits per heavy atom. The number of nitrogens with one attached hydrogen (secondary N) is 1. The van der Waals surface area contributed by atoms with Gasteiger partial charge in [-0.25, -0.2) is 4.79 Å². The zero-order chi connectivity index (χ0) is 14.1. The first-order valence-electron chi connectivity index (χ1n) is 7.24. The van der Waals surface area contributed by atoms with Crippen molar-refractivity contribution in [2.75, 3.05) is 6.54 Å². The SMILES string of the molecule is C[C@H]1CCCC[NH+]1Cc1cc(=O)oc2ccc(O)cc12. The Bertz CT molecular complexity index is 677. The summed E-state index contributed by atoms with van der Waals surface area (Å²) in [5, 5.41) is 10.5. The molecule has 2 atom stereocenters. The summed E-state index contributed by atoms with van der Waals surface area (Å²) in [6.07, 6.45) is 3.77. The third-order valence-corrected chi connectivity index (χ3v) is 4.31. The van der Waals surface area contributed by atoms with Crippen LogP contribution in [0.3, 0.4) is 0 Å². The van der Waals surface area contributed by atoms with Gasteiger partial charge in [0.25, 0.3) is 0 Å². The molecule has 2 N–H and O–H groups in total. The molecule has 1 aliphatic rings. The van der Waals surface area contributed by atoms with Gasteiger partial charge in [-0.05, 0) is 44.4 Å². The highest BCUT2D eigenvalue weighted by Crippen LogP contribution is 2.21. The molecule has 0 bridgehead atoms. The molecule has 3 rings (SSSR count). The average Bonchev–Trinajstić information content (AvgIpc) is 2.42. The van der Waals surface area contributed by atoms with Crippen LogP contribution in [-0.4, -0.2) is 17.7 Å². The highest BCUT2D eigenvalue weighted by Gasteiger charge is 2.23. The van der Waals surface area contributed by atoms with Crippen LogP contribution in [0.1, 0.15) is 31.7 Å². The number of quaternary nitrogens is 1. The second kappa shape index (κ2) is 5.29. The number of phenols is 1. The van der Waals surface area contributed by atoms with Crippen LogP contribution in [0.2, 0.25) is 0 Å².